The van der Waals surface area contributed by atoms with E-state index < -0.39 is 10.0 Å². The Morgan fingerprint density at radius 1 is 1.06 bits per heavy atom. The fraction of sp³-hybridized carbons (Fsp3) is 0.292. The van der Waals surface area contributed by atoms with Crippen LogP contribution in [0.5, 0.6) is 5.75 Å². The number of aromatic nitrogens is 3. The maximum atomic E-state index is 12.8. The van der Waals surface area contributed by atoms with E-state index in [-0.39, 0.29) is 11.4 Å². The largest absolute Gasteiger partial charge is 0.497 e. The van der Waals surface area contributed by atoms with Crippen molar-refractivity contribution in [1.29, 1.82) is 0 Å². The third kappa shape index (κ3) is 6.84. The quantitative estimate of drug-likeness (QED) is 0.222. The Kier molecular flexibility index (Phi) is 8.62. The van der Waals surface area contributed by atoms with Crippen LogP contribution in [0.25, 0.3) is 10.2 Å². The van der Waals surface area contributed by atoms with E-state index in [9.17, 15) is 8.42 Å². The van der Waals surface area contributed by atoms with Gasteiger partial charge < -0.3 is 15.4 Å². The van der Waals surface area contributed by atoms with Crippen molar-refractivity contribution in [3.63, 3.8) is 0 Å². The first-order valence-corrected chi connectivity index (χ1v) is 14.8. The highest BCUT2D eigenvalue weighted by atomic mass is 32.2. The number of thiazole rings is 1. The van der Waals surface area contributed by atoms with Crippen LogP contribution in [0.15, 0.2) is 64.6 Å². The summed E-state index contributed by atoms with van der Waals surface area (Å²) in [6.07, 6.45) is 5.59. The molecule has 0 bridgehead atoms. The first-order valence-electron chi connectivity index (χ1n) is 11.2. The Labute approximate surface area is 219 Å². The van der Waals surface area contributed by atoms with Crippen LogP contribution in [-0.4, -0.2) is 49.8 Å². The van der Waals surface area contributed by atoms with Gasteiger partial charge in [-0.3, -0.25) is 0 Å². The van der Waals surface area contributed by atoms with Gasteiger partial charge in [-0.15, -0.1) is 11.8 Å². The number of nitrogens with zero attached hydrogens (tertiary/aromatic N) is 3. The predicted molar refractivity (Wildman–Crippen MR) is 147 cm³/mol. The van der Waals surface area contributed by atoms with E-state index >= 15 is 0 Å². The Morgan fingerprint density at radius 3 is 2.47 bits per heavy atom. The van der Waals surface area contributed by atoms with Gasteiger partial charge in [0, 0.05) is 36.9 Å². The number of hydrogen-bond acceptors (Lipinski definition) is 10. The van der Waals surface area contributed by atoms with Crippen molar-refractivity contribution in [2.24, 2.45) is 5.92 Å². The maximum Gasteiger partial charge on any atom is 0.240 e. The summed E-state index contributed by atoms with van der Waals surface area (Å²) in [6, 6.07) is 12.2. The summed E-state index contributed by atoms with van der Waals surface area (Å²) in [4.78, 5) is 14.4. The lowest BCUT2D eigenvalue weighted by Gasteiger charge is -2.13. The Morgan fingerprint density at radius 2 is 1.78 bits per heavy atom. The van der Waals surface area contributed by atoms with E-state index in [1.807, 2.05) is 18.4 Å². The zero-order chi connectivity index (χ0) is 25.5. The molecule has 9 nitrogen and oxygen atoms in total. The minimum atomic E-state index is -3.66. The normalized spacial score (nSPS) is 12.4. The molecule has 0 saturated heterocycles. The molecule has 4 aromatic rings. The second-order valence-electron chi connectivity index (χ2n) is 8.13. The van der Waals surface area contributed by atoms with Gasteiger partial charge >= 0.3 is 0 Å². The molecule has 2 heterocycles. The van der Waals surface area contributed by atoms with E-state index in [2.05, 4.69) is 37.2 Å². The van der Waals surface area contributed by atoms with Crippen molar-refractivity contribution in [2.75, 3.05) is 37.1 Å². The van der Waals surface area contributed by atoms with E-state index in [0.29, 0.717) is 25.0 Å². The Hall–Kier alpha value is -2.93. The Balaban J connectivity index is 1.32. The number of hydrogen-bond donors (Lipinski definition) is 3. The van der Waals surface area contributed by atoms with Crippen LogP contribution < -0.4 is 20.1 Å². The molecule has 190 valence electrons. The topological polar surface area (TPSA) is 118 Å². The van der Waals surface area contributed by atoms with Crippen LogP contribution in [0.2, 0.25) is 0 Å². The average Bonchev–Trinajstić information content (AvgIpc) is 3.32. The number of benzene rings is 2. The lowest BCUT2D eigenvalue weighted by Crippen LogP contribution is -2.23. The van der Waals surface area contributed by atoms with Gasteiger partial charge in [0.25, 0.3) is 0 Å². The molecule has 12 heteroatoms. The van der Waals surface area contributed by atoms with Crippen molar-refractivity contribution < 1.29 is 13.2 Å². The standard InChI is InChI=1S/C24H28N6O3S3/c1-16(11-25-23-26-14-19(34-3)15-27-23)12-28-24-30-21-9-8-20(10-22(21)35-24)36(31,32)29-13-17-4-6-18(33-2)7-5-17/h4-10,14-16,29H,11-13H2,1-3H3,(H,28,30)(H,25,26,27). The number of anilines is 2. The number of thioether (sulfide) groups is 1. The van der Waals surface area contributed by atoms with Crippen LogP contribution in [0, 0.1) is 5.92 Å². The number of ether oxygens (including phenoxy) is 1. The average molecular weight is 545 g/mol. The van der Waals surface area contributed by atoms with Gasteiger partial charge in [-0.2, -0.15) is 0 Å². The van der Waals surface area contributed by atoms with Crippen LogP contribution in [-0.2, 0) is 16.6 Å². The smallest absolute Gasteiger partial charge is 0.240 e. The highest BCUT2D eigenvalue weighted by Crippen LogP contribution is 2.28. The second kappa shape index (κ2) is 11.9. The fourth-order valence-electron chi connectivity index (χ4n) is 3.26. The molecule has 1 atom stereocenters. The zero-order valence-electron chi connectivity index (χ0n) is 20.2. The molecule has 3 N–H and O–H groups in total. The molecular formula is C24H28N6O3S3. The van der Waals surface area contributed by atoms with Crippen LogP contribution >= 0.6 is 23.1 Å². The first kappa shape index (κ1) is 26.1. The molecule has 36 heavy (non-hydrogen) atoms. The van der Waals surface area contributed by atoms with Gasteiger partial charge in [0.15, 0.2) is 5.13 Å². The molecule has 2 aromatic carbocycles. The molecule has 0 saturated carbocycles. The summed E-state index contributed by atoms with van der Waals surface area (Å²) >= 11 is 3.04. The minimum Gasteiger partial charge on any atom is -0.497 e. The van der Waals surface area contributed by atoms with E-state index in [1.165, 1.54) is 11.3 Å². The summed E-state index contributed by atoms with van der Waals surface area (Å²) in [7, 11) is -2.07. The van der Waals surface area contributed by atoms with Crippen molar-refractivity contribution in [1.82, 2.24) is 19.7 Å². The minimum absolute atomic E-state index is 0.193. The van der Waals surface area contributed by atoms with Crippen molar-refractivity contribution in [2.45, 2.75) is 23.3 Å². The lowest BCUT2D eigenvalue weighted by molar-refractivity contribution is 0.414. The number of nitrogens with one attached hydrogen (secondary N) is 3. The van der Waals surface area contributed by atoms with Crippen LogP contribution in [0.3, 0.4) is 0 Å². The van der Waals surface area contributed by atoms with Gasteiger partial charge in [-0.25, -0.2) is 28.1 Å². The van der Waals surface area contributed by atoms with E-state index in [4.69, 9.17) is 4.74 Å². The third-order valence-electron chi connectivity index (χ3n) is 5.37. The molecule has 0 radical (unpaired) electrons. The molecule has 0 aliphatic heterocycles. The van der Waals surface area contributed by atoms with Crippen LogP contribution in [0.1, 0.15) is 12.5 Å². The monoisotopic (exact) mass is 544 g/mol. The number of fused-ring (bicyclic) bond motifs is 1. The lowest BCUT2D eigenvalue weighted by atomic mass is 10.2. The molecule has 0 aliphatic rings. The van der Waals surface area contributed by atoms with E-state index in [0.717, 1.165) is 31.6 Å². The molecule has 0 spiro atoms. The molecule has 4 rings (SSSR count). The third-order valence-corrected chi connectivity index (χ3v) is 8.43. The van der Waals surface area contributed by atoms with E-state index in [1.54, 1.807) is 61.6 Å². The molecule has 0 amide bonds. The highest BCUT2D eigenvalue weighted by molar-refractivity contribution is 7.98. The summed E-state index contributed by atoms with van der Waals surface area (Å²) < 4.78 is 34.3. The maximum absolute atomic E-state index is 12.8. The van der Waals surface area contributed by atoms with Crippen molar-refractivity contribution in [3.8, 4) is 5.75 Å². The van der Waals surface area contributed by atoms with Gasteiger partial charge in [-0.05, 0) is 48.1 Å². The molecule has 2 aromatic heterocycles. The Bertz CT molecular complexity index is 1390. The van der Waals surface area contributed by atoms with Gasteiger partial charge in [0.1, 0.15) is 5.75 Å². The predicted octanol–water partition coefficient (Wildman–Crippen LogP) is 4.46. The van der Waals surface area contributed by atoms with Gasteiger partial charge in [0.2, 0.25) is 16.0 Å². The van der Waals surface area contributed by atoms with Crippen molar-refractivity contribution in [3.05, 3.63) is 60.4 Å². The van der Waals surface area contributed by atoms with Crippen molar-refractivity contribution >= 4 is 54.4 Å². The number of methoxy groups -OCH3 is 1. The zero-order valence-corrected chi connectivity index (χ0v) is 22.6. The SMILES string of the molecule is COc1ccc(CNS(=O)(=O)c2ccc3nc(NCC(C)CNc4ncc(SC)cn4)sc3c2)cc1. The molecule has 0 fully saturated rings. The number of sulfonamides is 1. The van der Waals surface area contributed by atoms with Gasteiger partial charge in [-0.1, -0.05) is 30.4 Å². The number of rotatable bonds is 12. The summed E-state index contributed by atoms with van der Waals surface area (Å²) in [5.41, 5.74) is 1.60. The van der Waals surface area contributed by atoms with Crippen LogP contribution in [0.4, 0.5) is 11.1 Å². The fourth-order valence-corrected chi connectivity index (χ4v) is 5.61. The summed E-state index contributed by atoms with van der Waals surface area (Å²) in [6.45, 7) is 3.71. The summed E-state index contributed by atoms with van der Waals surface area (Å²) in [5, 5.41) is 7.34. The molecule has 0 aliphatic carbocycles. The molecule has 1 unspecified atom stereocenters. The highest BCUT2D eigenvalue weighted by Gasteiger charge is 2.16. The first-order chi connectivity index (χ1) is 17.4. The van der Waals surface area contributed by atoms with Gasteiger partial charge in [0.05, 0.1) is 22.2 Å². The summed E-state index contributed by atoms with van der Waals surface area (Å²) in [5.74, 6) is 1.62. The second-order valence-corrected chi connectivity index (χ2v) is 11.8. The molecular weight excluding hydrogens is 517 g/mol.